The monoisotopic (exact) mass is 409 g/mol. The molecule has 2 N–H and O–H groups in total. The summed E-state index contributed by atoms with van der Waals surface area (Å²) in [5, 5.41) is 0. The average Bonchev–Trinajstić information content (AvgIpc) is 2.81. The third-order valence-corrected chi connectivity index (χ3v) is 5.08. The van der Waals surface area contributed by atoms with Crippen molar-refractivity contribution in [2.45, 2.75) is 26.2 Å². The molecule has 0 fully saturated rings. The Kier molecular flexibility index (Phi) is 7.06. The summed E-state index contributed by atoms with van der Waals surface area (Å²) in [5.74, 6) is 1.68. The Balaban J connectivity index is 1.51. The van der Waals surface area contributed by atoms with E-state index < -0.39 is 0 Å². The largest absolute Gasteiger partial charge is 0.457 e. The normalized spacial score (nSPS) is 10.9. The van der Waals surface area contributed by atoms with Gasteiger partial charge in [0.15, 0.2) is 0 Å². The molecule has 0 amide bonds. The first kappa shape index (κ1) is 20.8. The van der Waals surface area contributed by atoms with Gasteiger partial charge in [0.2, 0.25) is 0 Å². The van der Waals surface area contributed by atoms with Gasteiger partial charge in [-0.15, -0.1) is 0 Å². The number of aromatic nitrogens is 1. The Hall–Kier alpha value is -3.47. The fourth-order valence-electron chi connectivity index (χ4n) is 3.55. The zero-order valence-corrected chi connectivity index (χ0v) is 17.5. The lowest BCUT2D eigenvalue weighted by Crippen LogP contribution is -2.22. The number of nitrogens with two attached hydrogens (primary N) is 1. The van der Waals surface area contributed by atoms with E-state index in [-0.39, 0.29) is 0 Å². The molecule has 0 saturated carbocycles. The van der Waals surface area contributed by atoms with Crippen LogP contribution in [0.2, 0.25) is 0 Å². The predicted octanol–water partition coefficient (Wildman–Crippen LogP) is 5.54. The number of benzene rings is 3. The Labute approximate surface area is 183 Å². The second-order valence-corrected chi connectivity index (χ2v) is 7.59. The predicted molar refractivity (Wildman–Crippen MR) is 124 cm³/mol. The van der Waals surface area contributed by atoms with Crippen molar-refractivity contribution in [1.82, 2.24) is 9.88 Å². The number of hydrogen-bond acceptors (Lipinski definition) is 4. The average molecular weight is 410 g/mol. The van der Waals surface area contributed by atoms with Gasteiger partial charge in [-0.3, -0.25) is 9.88 Å². The van der Waals surface area contributed by atoms with Crippen LogP contribution in [-0.4, -0.2) is 9.88 Å². The molecule has 31 heavy (non-hydrogen) atoms. The Morgan fingerprint density at radius 1 is 0.645 bits per heavy atom. The fraction of sp³-hybridized carbons (Fsp3) is 0.148. The molecular weight excluding hydrogens is 382 g/mol. The van der Waals surface area contributed by atoms with E-state index >= 15 is 0 Å². The Morgan fingerprint density at radius 3 is 2.06 bits per heavy atom. The van der Waals surface area contributed by atoms with Crippen molar-refractivity contribution in [3.8, 4) is 11.5 Å². The lowest BCUT2D eigenvalue weighted by molar-refractivity contribution is 0.247. The zero-order valence-electron chi connectivity index (χ0n) is 17.5. The van der Waals surface area contributed by atoms with Crippen molar-refractivity contribution >= 4 is 0 Å². The summed E-state index contributed by atoms with van der Waals surface area (Å²) in [6.45, 7) is 3.02. The van der Waals surface area contributed by atoms with Gasteiger partial charge >= 0.3 is 0 Å². The van der Waals surface area contributed by atoms with E-state index in [0.29, 0.717) is 6.54 Å². The van der Waals surface area contributed by atoms with E-state index in [1.165, 1.54) is 16.7 Å². The van der Waals surface area contributed by atoms with Gasteiger partial charge in [-0.05, 0) is 52.6 Å². The summed E-state index contributed by atoms with van der Waals surface area (Å²) in [5.41, 5.74) is 10.6. The minimum atomic E-state index is 0.563. The van der Waals surface area contributed by atoms with Gasteiger partial charge in [0, 0.05) is 38.6 Å². The first-order valence-corrected chi connectivity index (χ1v) is 10.5. The number of rotatable bonds is 9. The molecule has 4 heteroatoms. The topological polar surface area (TPSA) is 51.4 Å². The lowest BCUT2D eigenvalue weighted by atomic mass is 10.1. The molecule has 4 aromatic rings. The number of hydrogen-bond donors (Lipinski definition) is 1. The van der Waals surface area contributed by atoms with Crippen molar-refractivity contribution in [2.24, 2.45) is 5.73 Å². The van der Waals surface area contributed by atoms with Crippen molar-refractivity contribution in [3.63, 3.8) is 0 Å². The molecule has 1 heterocycles. The molecule has 0 aliphatic heterocycles. The standard InChI is InChI=1S/C27H27N3O/c28-17-22-11-13-23(14-12-22)19-30(21-25-7-5-15-29-18-25)20-24-6-4-10-27(16-24)31-26-8-2-1-3-9-26/h1-16,18H,17,19-21,28H2. The molecule has 4 rings (SSSR count). The first-order chi connectivity index (χ1) is 15.3. The summed E-state index contributed by atoms with van der Waals surface area (Å²) in [7, 11) is 0. The van der Waals surface area contributed by atoms with E-state index in [0.717, 1.165) is 36.7 Å². The highest BCUT2D eigenvalue weighted by atomic mass is 16.5. The van der Waals surface area contributed by atoms with E-state index in [1.54, 1.807) is 0 Å². The molecule has 0 saturated heterocycles. The Morgan fingerprint density at radius 2 is 1.32 bits per heavy atom. The van der Waals surface area contributed by atoms with Crippen LogP contribution in [0.3, 0.4) is 0 Å². The smallest absolute Gasteiger partial charge is 0.127 e. The molecule has 4 nitrogen and oxygen atoms in total. The number of ether oxygens (including phenoxy) is 1. The SMILES string of the molecule is NCc1ccc(CN(Cc2cccnc2)Cc2cccc(Oc3ccccc3)c2)cc1. The van der Waals surface area contributed by atoms with Crippen LogP contribution in [0.25, 0.3) is 0 Å². The van der Waals surface area contributed by atoms with Gasteiger partial charge in [-0.1, -0.05) is 60.7 Å². The third-order valence-electron chi connectivity index (χ3n) is 5.08. The van der Waals surface area contributed by atoms with Gasteiger partial charge < -0.3 is 10.5 Å². The van der Waals surface area contributed by atoms with Crippen molar-refractivity contribution in [3.05, 3.63) is 126 Å². The highest BCUT2D eigenvalue weighted by molar-refractivity contribution is 5.34. The van der Waals surface area contributed by atoms with E-state index in [9.17, 15) is 0 Å². The summed E-state index contributed by atoms with van der Waals surface area (Å²) in [6, 6.07) is 30.8. The van der Waals surface area contributed by atoms with Crippen LogP contribution in [0, 0.1) is 0 Å². The number of para-hydroxylation sites is 1. The molecule has 0 aliphatic carbocycles. The zero-order chi connectivity index (χ0) is 21.3. The molecule has 3 aromatic carbocycles. The molecule has 1 aromatic heterocycles. The van der Waals surface area contributed by atoms with Crippen LogP contribution in [0.5, 0.6) is 11.5 Å². The molecular formula is C27H27N3O. The number of pyridine rings is 1. The summed E-state index contributed by atoms with van der Waals surface area (Å²) in [6.07, 6.45) is 3.74. The minimum absolute atomic E-state index is 0.563. The van der Waals surface area contributed by atoms with Gasteiger partial charge in [0.25, 0.3) is 0 Å². The van der Waals surface area contributed by atoms with Gasteiger partial charge in [0.05, 0.1) is 0 Å². The maximum atomic E-state index is 6.02. The van der Waals surface area contributed by atoms with Gasteiger partial charge in [-0.2, -0.15) is 0 Å². The van der Waals surface area contributed by atoms with Crippen molar-refractivity contribution < 1.29 is 4.74 Å². The minimum Gasteiger partial charge on any atom is -0.457 e. The van der Waals surface area contributed by atoms with Crippen LogP contribution < -0.4 is 10.5 Å². The molecule has 156 valence electrons. The first-order valence-electron chi connectivity index (χ1n) is 10.5. The molecule has 0 spiro atoms. The van der Waals surface area contributed by atoms with Crippen LogP contribution in [-0.2, 0) is 26.2 Å². The maximum Gasteiger partial charge on any atom is 0.127 e. The second kappa shape index (κ2) is 10.5. The van der Waals surface area contributed by atoms with Gasteiger partial charge in [-0.25, -0.2) is 0 Å². The molecule has 0 atom stereocenters. The summed E-state index contributed by atoms with van der Waals surface area (Å²) >= 11 is 0. The van der Waals surface area contributed by atoms with E-state index in [4.69, 9.17) is 10.5 Å². The second-order valence-electron chi connectivity index (χ2n) is 7.59. The number of nitrogens with zero attached hydrogens (tertiary/aromatic N) is 2. The van der Waals surface area contributed by atoms with Crippen LogP contribution in [0.15, 0.2) is 103 Å². The van der Waals surface area contributed by atoms with Crippen molar-refractivity contribution in [1.29, 1.82) is 0 Å². The van der Waals surface area contributed by atoms with Gasteiger partial charge in [0.1, 0.15) is 11.5 Å². The van der Waals surface area contributed by atoms with Crippen LogP contribution in [0.1, 0.15) is 22.3 Å². The maximum absolute atomic E-state index is 6.02. The molecule has 0 unspecified atom stereocenters. The fourth-order valence-corrected chi connectivity index (χ4v) is 3.55. The van der Waals surface area contributed by atoms with Crippen molar-refractivity contribution in [2.75, 3.05) is 0 Å². The molecule has 0 aliphatic rings. The van der Waals surface area contributed by atoms with E-state index in [1.807, 2.05) is 60.9 Å². The Bertz CT molecular complexity index is 1070. The van der Waals surface area contributed by atoms with Crippen LogP contribution >= 0.6 is 0 Å². The quantitative estimate of drug-likeness (QED) is 0.395. The highest BCUT2D eigenvalue weighted by Gasteiger charge is 2.10. The molecule has 0 bridgehead atoms. The van der Waals surface area contributed by atoms with E-state index in [2.05, 4.69) is 52.3 Å². The molecule has 0 radical (unpaired) electrons. The van der Waals surface area contributed by atoms with Crippen LogP contribution in [0.4, 0.5) is 0 Å². The summed E-state index contributed by atoms with van der Waals surface area (Å²) in [4.78, 5) is 6.69. The highest BCUT2D eigenvalue weighted by Crippen LogP contribution is 2.23. The lowest BCUT2D eigenvalue weighted by Gasteiger charge is -2.23. The third kappa shape index (κ3) is 6.25. The summed E-state index contributed by atoms with van der Waals surface area (Å²) < 4.78 is 6.02.